The van der Waals surface area contributed by atoms with Crippen molar-refractivity contribution in [2.45, 2.75) is 52.6 Å². The van der Waals surface area contributed by atoms with E-state index in [1.54, 1.807) is 6.08 Å². The number of esters is 1. The molecule has 19 heavy (non-hydrogen) atoms. The van der Waals surface area contributed by atoms with E-state index in [1.807, 2.05) is 32.9 Å². The molecule has 0 fully saturated rings. The summed E-state index contributed by atoms with van der Waals surface area (Å²) in [5.41, 5.74) is 1.92. The van der Waals surface area contributed by atoms with Gasteiger partial charge in [-0.25, -0.2) is 4.79 Å². The number of rotatable bonds is 5. The van der Waals surface area contributed by atoms with E-state index in [0.717, 1.165) is 12.0 Å². The summed E-state index contributed by atoms with van der Waals surface area (Å²) < 4.78 is 5.21. The van der Waals surface area contributed by atoms with Crippen molar-refractivity contribution < 1.29 is 9.53 Å². The van der Waals surface area contributed by atoms with Crippen LogP contribution in [-0.4, -0.2) is 11.6 Å². The van der Waals surface area contributed by atoms with E-state index in [9.17, 15) is 4.79 Å². The first kappa shape index (κ1) is 15.5. The molecule has 0 spiro atoms. The van der Waals surface area contributed by atoms with Crippen LogP contribution in [0.5, 0.6) is 0 Å². The van der Waals surface area contributed by atoms with Crippen molar-refractivity contribution in [1.29, 1.82) is 0 Å². The molecule has 0 aliphatic carbocycles. The number of aryl methyl sites for hydroxylation is 1. The second kappa shape index (κ2) is 7.13. The Kier molecular flexibility index (Phi) is 5.81. The van der Waals surface area contributed by atoms with Crippen molar-refractivity contribution in [3.8, 4) is 0 Å². The Balaban J connectivity index is 2.55. The summed E-state index contributed by atoms with van der Waals surface area (Å²) in [7, 11) is 0. The molecule has 0 aromatic heterocycles. The van der Waals surface area contributed by atoms with Crippen LogP contribution in [0, 0.1) is 0 Å². The molecule has 0 atom stereocenters. The molecule has 0 aliphatic heterocycles. The normalized spacial score (nSPS) is 11.8. The lowest BCUT2D eigenvalue weighted by atomic mass is 10.1. The Labute approximate surface area is 116 Å². The van der Waals surface area contributed by atoms with Gasteiger partial charge in [-0.3, -0.25) is 0 Å². The van der Waals surface area contributed by atoms with Crippen molar-refractivity contribution in [1.82, 2.24) is 0 Å². The van der Waals surface area contributed by atoms with Gasteiger partial charge in [0.1, 0.15) is 5.60 Å². The second-order valence-corrected chi connectivity index (χ2v) is 5.71. The Hall–Kier alpha value is -1.57. The molecule has 104 valence electrons. The lowest BCUT2D eigenvalue weighted by molar-refractivity contribution is -0.148. The van der Waals surface area contributed by atoms with Crippen LogP contribution < -0.4 is 0 Å². The van der Waals surface area contributed by atoms with E-state index in [-0.39, 0.29) is 5.97 Å². The van der Waals surface area contributed by atoms with Gasteiger partial charge in [0.25, 0.3) is 0 Å². The molecule has 0 amide bonds. The van der Waals surface area contributed by atoms with Crippen LogP contribution in [0.15, 0.2) is 30.3 Å². The molecule has 0 saturated carbocycles. The van der Waals surface area contributed by atoms with Gasteiger partial charge in [0.2, 0.25) is 0 Å². The monoisotopic (exact) mass is 260 g/mol. The molecule has 0 bridgehead atoms. The van der Waals surface area contributed by atoms with Gasteiger partial charge in [-0.2, -0.15) is 0 Å². The lowest BCUT2D eigenvalue weighted by Gasteiger charge is -2.17. The number of carbonyl (C=O) groups is 1. The third-order valence-electron chi connectivity index (χ3n) is 2.62. The second-order valence-electron chi connectivity index (χ2n) is 5.71. The van der Waals surface area contributed by atoms with Crippen molar-refractivity contribution in [2.75, 3.05) is 0 Å². The van der Waals surface area contributed by atoms with Gasteiger partial charge in [-0.15, -0.1) is 0 Å². The number of ether oxygens (including phenoxy) is 1. The summed E-state index contributed by atoms with van der Waals surface area (Å²) in [6.07, 6.45) is 6.81. The molecule has 0 heterocycles. The fourth-order valence-corrected chi connectivity index (χ4v) is 1.68. The zero-order valence-electron chi connectivity index (χ0n) is 12.4. The van der Waals surface area contributed by atoms with E-state index in [0.29, 0.717) is 0 Å². The Morgan fingerprint density at radius 2 is 1.84 bits per heavy atom. The molecule has 1 aromatic rings. The molecule has 1 rings (SSSR count). The summed E-state index contributed by atoms with van der Waals surface area (Å²) in [6.45, 7) is 7.78. The zero-order valence-corrected chi connectivity index (χ0v) is 12.4. The van der Waals surface area contributed by atoms with Crippen LogP contribution >= 0.6 is 0 Å². The van der Waals surface area contributed by atoms with Crippen LogP contribution in [0.25, 0.3) is 6.08 Å². The van der Waals surface area contributed by atoms with Gasteiger partial charge in [-0.05, 0) is 50.8 Å². The summed E-state index contributed by atoms with van der Waals surface area (Å²) in [5, 5.41) is 0. The first-order chi connectivity index (χ1) is 8.90. The summed E-state index contributed by atoms with van der Waals surface area (Å²) >= 11 is 0. The minimum atomic E-state index is -0.439. The van der Waals surface area contributed by atoms with Crippen molar-refractivity contribution in [2.24, 2.45) is 0 Å². The first-order valence-corrected chi connectivity index (χ1v) is 6.91. The van der Waals surface area contributed by atoms with Gasteiger partial charge in [0.15, 0.2) is 0 Å². The van der Waals surface area contributed by atoms with E-state index in [1.165, 1.54) is 24.5 Å². The topological polar surface area (TPSA) is 26.3 Å². The Bertz CT molecular complexity index is 422. The van der Waals surface area contributed by atoms with E-state index in [2.05, 4.69) is 19.1 Å². The molecule has 2 nitrogen and oxygen atoms in total. The Morgan fingerprint density at radius 1 is 1.21 bits per heavy atom. The molecule has 0 aliphatic rings. The van der Waals surface area contributed by atoms with E-state index < -0.39 is 5.60 Å². The van der Waals surface area contributed by atoms with Crippen molar-refractivity contribution in [3.05, 3.63) is 41.5 Å². The lowest BCUT2D eigenvalue weighted by Crippen LogP contribution is -2.22. The standard InChI is InChI=1S/C17H24O2/c1-5-6-7-14-8-10-15(11-9-14)12-13-16(18)19-17(2,3)4/h8-13H,5-7H2,1-4H3/b13-12+. The molecule has 0 N–H and O–H groups in total. The van der Waals surface area contributed by atoms with Crippen LogP contribution in [0.2, 0.25) is 0 Å². The van der Waals surface area contributed by atoms with Crippen LogP contribution in [0.4, 0.5) is 0 Å². The molecular formula is C17H24O2. The fourth-order valence-electron chi connectivity index (χ4n) is 1.68. The average molecular weight is 260 g/mol. The maximum absolute atomic E-state index is 11.5. The smallest absolute Gasteiger partial charge is 0.331 e. The minimum Gasteiger partial charge on any atom is -0.457 e. The average Bonchev–Trinajstić information content (AvgIpc) is 2.33. The molecule has 1 aromatic carbocycles. The summed E-state index contributed by atoms with van der Waals surface area (Å²) in [6, 6.07) is 8.30. The fraction of sp³-hybridized carbons (Fsp3) is 0.471. The van der Waals surface area contributed by atoms with E-state index >= 15 is 0 Å². The highest BCUT2D eigenvalue weighted by Gasteiger charge is 2.13. The third kappa shape index (κ3) is 6.80. The third-order valence-corrected chi connectivity index (χ3v) is 2.62. The highest BCUT2D eigenvalue weighted by atomic mass is 16.6. The number of benzene rings is 1. The maximum Gasteiger partial charge on any atom is 0.331 e. The van der Waals surface area contributed by atoms with Crippen LogP contribution in [-0.2, 0) is 16.0 Å². The first-order valence-electron chi connectivity index (χ1n) is 6.91. The largest absolute Gasteiger partial charge is 0.457 e. The predicted octanol–water partition coefficient (Wildman–Crippen LogP) is 4.38. The Morgan fingerprint density at radius 3 is 2.37 bits per heavy atom. The van der Waals surface area contributed by atoms with Gasteiger partial charge in [0.05, 0.1) is 0 Å². The summed E-state index contributed by atoms with van der Waals surface area (Å²) in [5.74, 6) is -0.303. The minimum absolute atomic E-state index is 0.303. The maximum atomic E-state index is 11.5. The van der Waals surface area contributed by atoms with Gasteiger partial charge < -0.3 is 4.74 Å². The molecule has 2 heteroatoms. The number of hydrogen-bond donors (Lipinski definition) is 0. The number of carbonyl (C=O) groups excluding carboxylic acids is 1. The van der Waals surface area contributed by atoms with Gasteiger partial charge >= 0.3 is 5.97 Å². The van der Waals surface area contributed by atoms with Crippen LogP contribution in [0.3, 0.4) is 0 Å². The quantitative estimate of drug-likeness (QED) is 0.580. The van der Waals surface area contributed by atoms with Gasteiger partial charge in [-0.1, -0.05) is 37.6 Å². The van der Waals surface area contributed by atoms with Gasteiger partial charge in [0, 0.05) is 6.08 Å². The van der Waals surface area contributed by atoms with Crippen molar-refractivity contribution in [3.63, 3.8) is 0 Å². The number of unbranched alkanes of at least 4 members (excludes halogenated alkanes) is 1. The molecule has 0 radical (unpaired) electrons. The highest BCUT2D eigenvalue weighted by molar-refractivity contribution is 5.87. The molecule has 0 unspecified atom stereocenters. The van der Waals surface area contributed by atoms with E-state index in [4.69, 9.17) is 4.74 Å². The zero-order chi connectivity index (χ0) is 14.3. The molecular weight excluding hydrogens is 236 g/mol. The SMILES string of the molecule is CCCCc1ccc(/C=C/C(=O)OC(C)(C)C)cc1. The van der Waals surface area contributed by atoms with Crippen molar-refractivity contribution >= 4 is 12.0 Å². The molecule has 0 saturated heterocycles. The highest BCUT2D eigenvalue weighted by Crippen LogP contribution is 2.11. The van der Waals surface area contributed by atoms with Crippen LogP contribution in [0.1, 0.15) is 51.7 Å². The number of hydrogen-bond acceptors (Lipinski definition) is 2. The predicted molar refractivity (Wildman–Crippen MR) is 79.9 cm³/mol. The summed E-state index contributed by atoms with van der Waals surface area (Å²) in [4.78, 5) is 11.5.